The molecule has 1 N–H and O–H groups in total. The van der Waals surface area contributed by atoms with Crippen molar-refractivity contribution in [2.75, 3.05) is 31.1 Å². The van der Waals surface area contributed by atoms with Crippen molar-refractivity contribution in [3.05, 3.63) is 29.0 Å². The lowest BCUT2D eigenvalue weighted by Gasteiger charge is -2.14. The second kappa shape index (κ2) is 7.22. The molecule has 10 heteroatoms. The average Bonchev–Trinajstić information content (AvgIpc) is 2.77. The normalized spacial score (nSPS) is 18.6. The molecule has 1 aliphatic heterocycles. The van der Waals surface area contributed by atoms with E-state index in [9.17, 15) is 16.8 Å². The van der Waals surface area contributed by atoms with Crippen molar-refractivity contribution in [3.8, 4) is 0 Å². The third kappa shape index (κ3) is 5.17. The van der Waals surface area contributed by atoms with Crippen LogP contribution in [0.2, 0.25) is 5.15 Å². The number of pyridine rings is 1. The summed E-state index contributed by atoms with van der Waals surface area (Å²) >= 11 is 5.66. The van der Waals surface area contributed by atoms with Gasteiger partial charge in [-0.05, 0) is 24.5 Å². The summed E-state index contributed by atoms with van der Waals surface area (Å²) in [6.07, 6.45) is 2.45. The van der Waals surface area contributed by atoms with Gasteiger partial charge in [0.05, 0.1) is 11.5 Å². The van der Waals surface area contributed by atoms with Crippen molar-refractivity contribution in [2.45, 2.75) is 12.8 Å². The lowest BCUT2D eigenvalue weighted by Crippen LogP contribution is -2.37. The molecule has 0 saturated carbocycles. The fourth-order valence-corrected chi connectivity index (χ4v) is 4.84. The Bertz CT molecular complexity index is 704. The highest BCUT2D eigenvalue weighted by Gasteiger charge is 2.27. The summed E-state index contributed by atoms with van der Waals surface area (Å²) in [6, 6.07) is 3.33. The van der Waals surface area contributed by atoms with Gasteiger partial charge in [-0.1, -0.05) is 17.7 Å². The number of sulfonamides is 2. The first-order chi connectivity index (χ1) is 10.3. The molecule has 0 radical (unpaired) electrons. The van der Waals surface area contributed by atoms with Gasteiger partial charge in [-0.3, -0.25) is 0 Å². The van der Waals surface area contributed by atoms with Crippen molar-refractivity contribution in [3.63, 3.8) is 0 Å². The van der Waals surface area contributed by atoms with E-state index in [0.717, 1.165) is 5.56 Å². The average molecular weight is 368 g/mol. The molecule has 0 atom stereocenters. The maximum absolute atomic E-state index is 11.9. The predicted octanol–water partition coefficient (Wildman–Crippen LogP) is 0.232. The molecule has 1 aliphatic rings. The van der Waals surface area contributed by atoms with Crippen LogP contribution in [0.1, 0.15) is 12.0 Å². The van der Waals surface area contributed by atoms with Crippen LogP contribution in [0, 0.1) is 0 Å². The number of hydrogen-bond acceptors (Lipinski definition) is 5. The van der Waals surface area contributed by atoms with Crippen molar-refractivity contribution in [1.29, 1.82) is 0 Å². The van der Waals surface area contributed by atoms with Gasteiger partial charge >= 0.3 is 0 Å². The first-order valence-electron chi connectivity index (χ1n) is 6.84. The number of halogens is 1. The van der Waals surface area contributed by atoms with Gasteiger partial charge in [-0.15, -0.1) is 0 Å². The highest BCUT2D eigenvalue weighted by atomic mass is 35.5. The van der Waals surface area contributed by atoms with Crippen molar-refractivity contribution < 1.29 is 16.8 Å². The largest absolute Gasteiger partial charge is 0.244 e. The van der Waals surface area contributed by atoms with Crippen LogP contribution in [0.3, 0.4) is 0 Å². The van der Waals surface area contributed by atoms with Gasteiger partial charge in [0.2, 0.25) is 20.0 Å². The van der Waals surface area contributed by atoms with E-state index in [1.54, 1.807) is 12.1 Å². The molecule has 0 spiro atoms. The molecule has 0 unspecified atom stereocenters. The van der Waals surface area contributed by atoms with Crippen LogP contribution in [-0.4, -0.2) is 57.3 Å². The summed E-state index contributed by atoms with van der Waals surface area (Å²) in [7, 11) is -6.64. The van der Waals surface area contributed by atoms with Crippen molar-refractivity contribution in [1.82, 2.24) is 14.0 Å². The minimum Gasteiger partial charge on any atom is -0.244 e. The monoisotopic (exact) mass is 367 g/mol. The Morgan fingerprint density at radius 2 is 2.14 bits per heavy atom. The fourth-order valence-electron chi connectivity index (χ4n) is 2.15. The fraction of sp³-hybridized carbons (Fsp3) is 0.583. The Balaban J connectivity index is 1.78. The van der Waals surface area contributed by atoms with E-state index in [1.165, 1.54) is 10.5 Å². The third-order valence-electron chi connectivity index (χ3n) is 3.33. The molecule has 1 aromatic heterocycles. The predicted molar refractivity (Wildman–Crippen MR) is 84.7 cm³/mol. The molecule has 22 heavy (non-hydrogen) atoms. The second-order valence-electron chi connectivity index (χ2n) is 5.02. The Morgan fingerprint density at radius 1 is 1.36 bits per heavy atom. The number of nitrogens with zero attached hydrogens (tertiary/aromatic N) is 2. The molecule has 0 amide bonds. The Hall–Kier alpha value is -0.740. The Labute approximate surface area is 135 Å². The summed E-state index contributed by atoms with van der Waals surface area (Å²) in [5.74, 6) is 0.0619. The van der Waals surface area contributed by atoms with Crippen LogP contribution < -0.4 is 4.72 Å². The van der Waals surface area contributed by atoms with Gasteiger partial charge in [0, 0.05) is 25.8 Å². The van der Waals surface area contributed by atoms with E-state index < -0.39 is 20.0 Å². The maximum Gasteiger partial charge on any atom is 0.214 e. The highest BCUT2D eigenvalue weighted by Crippen LogP contribution is 2.12. The van der Waals surface area contributed by atoms with Gasteiger partial charge in [0.15, 0.2) is 0 Å². The number of hydrogen-bond donors (Lipinski definition) is 1. The van der Waals surface area contributed by atoms with Gasteiger partial charge in [0.25, 0.3) is 0 Å². The highest BCUT2D eigenvalue weighted by molar-refractivity contribution is 7.89. The molecule has 7 nitrogen and oxygen atoms in total. The zero-order valence-electron chi connectivity index (χ0n) is 11.9. The topological polar surface area (TPSA) is 96.4 Å². The van der Waals surface area contributed by atoms with Crippen LogP contribution in [-0.2, 0) is 26.5 Å². The van der Waals surface area contributed by atoms with E-state index >= 15 is 0 Å². The lowest BCUT2D eigenvalue weighted by molar-refractivity contribution is 0.444. The molecule has 2 heterocycles. The summed E-state index contributed by atoms with van der Waals surface area (Å²) in [4.78, 5) is 3.89. The van der Waals surface area contributed by atoms with Crippen LogP contribution >= 0.6 is 11.6 Å². The van der Waals surface area contributed by atoms with Crippen LogP contribution in [0.4, 0.5) is 0 Å². The van der Waals surface area contributed by atoms with E-state index in [0.29, 0.717) is 24.5 Å². The molecule has 1 fully saturated rings. The minimum atomic E-state index is -3.45. The number of aromatic nitrogens is 1. The SMILES string of the molecule is O=S(=O)(CCc1ccc(Cl)nc1)NCCN1CCCS1(=O)=O. The smallest absolute Gasteiger partial charge is 0.214 e. The Morgan fingerprint density at radius 3 is 2.73 bits per heavy atom. The molecule has 2 rings (SSSR count). The van der Waals surface area contributed by atoms with Gasteiger partial charge in [0.1, 0.15) is 5.15 Å². The lowest BCUT2D eigenvalue weighted by atomic mass is 10.2. The molecule has 0 bridgehead atoms. The van der Waals surface area contributed by atoms with E-state index in [4.69, 9.17) is 11.6 Å². The van der Waals surface area contributed by atoms with E-state index in [-0.39, 0.29) is 24.6 Å². The summed E-state index contributed by atoms with van der Waals surface area (Å²) in [6.45, 7) is 0.713. The third-order valence-corrected chi connectivity index (χ3v) is 6.90. The zero-order chi connectivity index (χ0) is 16.2. The number of nitrogens with one attached hydrogen (secondary N) is 1. The molecule has 124 valence electrons. The first kappa shape index (κ1) is 17.6. The van der Waals surface area contributed by atoms with E-state index in [2.05, 4.69) is 9.71 Å². The second-order valence-corrected chi connectivity index (χ2v) is 9.42. The first-order valence-corrected chi connectivity index (χ1v) is 10.5. The van der Waals surface area contributed by atoms with Crippen LogP contribution in [0.5, 0.6) is 0 Å². The minimum absolute atomic E-state index is 0.0803. The van der Waals surface area contributed by atoms with Gasteiger partial charge < -0.3 is 0 Å². The number of aryl methyl sites for hydroxylation is 1. The quantitative estimate of drug-likeness (QED) is 0.696. The van der Waals surface area contributed by atoms with Gasteiger partial charge in [-0.2, -0.15) is 0 Å². The summed E-state index contributed by atoms with van der Waals surface area (Å²) in [5.41, 5.74) is 0.775. The molecule has 0 aliphatic carbocycles. The molecule has 1 saturated heterocycles. The number of rotatable bonds is 7. The zero-order valence-corrected chi connectivity index (χ0v) is 14.3. The van der Waals surface area contributed by atoms with Crippen molar-refractivity contribution in [2.24, 2.45) is 0 Å². The van der Waals surface area contributed by atoms with Gasteiger partial charge in [-0.25, -0.2) is 30.8 Å². The maximum atomic E-state index is 11.9. The summed E-state index contributed by atoms with van der Waals surface area (Å²) < 4.78 is 50.7. The summed E-state index contributed by atoms with van der Waals surface area (Å²) in [5, 5.41) is 0.358. The van der Waals surface area contributed by atoms with E-state index in [1.807, 2.05) is 0 Å². The molecule has 0 aromatic carbocycles. The van der Waals surface area contributed by atoms with Crippen LogP contribution in [0.15, 0.2) is 18.3 Å². The Kier molecular flexibility index (Phi) is 5.78. The van der Waals surface area contributed by atoms with Crippen LogP contribution in [0.25, 0.3) is 0 Å². The molecular weight excluding hydrogens is 350 g/mol. The molecular formula is C12H18ClN3O4S2. The standard InChI is InChI=1S/C12H18ClN3O4S2/c13-12-3-2-11(10-14-12)4-9-21(17,18)15-5-7-16-6-1-8-22(16,19)20/h2-3,10,15H,1,4-9H2. The van der Waals surface area contributed by atoms with Crippen molar-refractivity contribution >= 4 is 31.6 Å². The molecule has 1 aromatic rings.